The minimum absolute atomic E-state index is 0.0649. The highest BCUT2D eigenvalue weighted by Crippen LogP contribution is 2.34. The van der Waals surface area contributed by atoms with Crippen molar-refractivity contribution in [3.8, 4) is 11.5 Å². The first-order chi connectivity index (χ1) is 16.2. The van der Waals surface area contributed by atoms with E-state index in [9.17, 15) is 4.79 Å². The smallest absolute Gasteiger partial charge is 0.229 e. The van der Waals surface area contributed by atoms with Gasteiger partial charge in [-0.25, -0.2) is 9.97 Å². The maximum atomic E-state index is 13.1. The van der Waals surface area contributed by atoms with E-state index in [1.165, 1.54) is 0 Å². The predicted octanol–water partition coefficient (Wildman–Crippen LogP) is 4.11. The Labute approximate surface area is 193 Å². The molecule has 0 aliphatic carbocycles. The zero-order valence-electron chi connectivity index (χ0n) is 18.1. The van der Waals surface area contributed by atoms with Gasteiger partial charge in [0, 0.05) is 31.1 Å². The fourth-order valence-electron chi connectivity index (χ4n) is 4.51. The number of hydrogen-bond acceptors (Lipinski definition) is 7. The molecule has 4 heterocycles. The highest BCUT2D eigenvalue weighted by atomic mass is 32.1. The molecule has 2 aromatic carbocycles. The number of benzene rings is 2. The van der Waals surface area contributed by atoms with Crippen molar-refractivity contribution in [2.45, 2.75) is 19.4 Å². The molecule has 1 saturated heterocycles. The van der Waals surface area contributed by atoms with Crippen LogP contribution in [0, 0.1) is 0 Å². The van der Waals surface area contributed by atoms with Gasteiger partial charge in [0.05, 0.1) is 23.0 Å². The van der Waals surface area contributed by atoms with Crippen molar-refractivity contribution >= 4 is 44.2 Å². The molecule has 3 aromatic heterocycles. The molecule has 0 spiro atoms. The Kier molecular flexibility index (Phi) is 4.83. The average Bonchev–Trinajstić information content (AvgIpc) is 3.57. The monoisotopic (exact) mass is 458 g/mol. The lowest BCUT2D eigenvalue weighted by atomic mass is 10.1. The molecular weight excluding hydrogens is 436 g/mol. The maximum Gasteiger partial charge on any atom is 0.229 e. The van der Waals surface area contributed by atoms with Crippen molar-refractivity contribution in [3.63, 3.8) is 0 Å². The molecule has 8 nitrogen and oxygen atoms in total. The van der Waals surface area contributed by atoms with E-state index in [2.05, 4.69) is 26.9 Å². The summed E-state index contributed by atoms with van der Waals surface area (Å²) in [4.78, 5) is 30.1. The van der Waals surface area contributed by atoms with Gasteiger partial charge in [-0.15, -0.1) is 11.3 Å². The summed E-state index contributed by atoms with van der Waals surface area (Å²) in [6.45, 7) is 4.21. The Morgan fingerprint density at radius 3 is 2.91 bits per heavy atom. The van der Waals surface area contributed by atoms with Gasteiger partial charge in [0.25, 0.3) is 0 Å². The molecule has 33 heavy (non-hydrogen) atoms. The van der Waals surface area contributed by atoms with E-state index in [1.54, 1.807) is 11.3 Å². The van der Waals surface area contributed by atoms with Gasteiger partial charge in [-0.1, -0.05) is 29.4 Å². The minimum Gasteiger partial charge on any atom is -0.358 e. The number of nitrogens with one attached hydrogen (secondary N) is 1. The molecule has 1 fully saturated rings. The summed E-state index contributed by atoms with van der Waals surface area (Å²) in [6.07, 6.45) is 0.242. The Morgan fingerprint density at radius 2 is 2.03 bits per heavy atom. The number of aromatic amines is 1. The van der Waals surface area contributed by atoms with E-state index in [1.807, 2.05) is 58.9 Å². The van der Waals surface area contributed by atoms with Crippen molar-refractivity contribution in [3.05, 3.63) is 59.7 Å². The average molecular weight is 459 g/mol. The lowest BCUT2D eigenvalue weighted by Crippen LogP contribution is -2.54. The Balaban J connectivity index is 1.19. The van der Waals surface area contributed by atoms with Crippen LogP contribution in [0.2, 0.25) is 0 Å². The van der Waals surface area contributed by atoms with E-state index in [0.29, 0.717) is 17.8 Å². The third kappa shape index (κ3) is 3.54. The van der Waals surface area contributed by atoms with Crippen LogP contribution in [0.15, 0.2) is 58.6 Å². The van der Waals surface area contributed by atoms with Crippen LogP contribution in [-0.4, -0.2) is 56.6 Å². The third-order valence-electron chi connectivity index (χ3n) is 6.17. The topological polar surface area (TPSA) is 91.2 Å². The number of hydrogen-bond donors (Lipinski definition) is 1. The van der Waals surface area contributed by atoms with Crippen molar-refractivity contribution in [2.75, 3.05) is 24.5 Å². The quantitative estimate of drug-likeness (QED) is 0.436. The first kappa shape index (κ1) is 19.9. The summed E-state index contributed by atoms with van der Waals surface area (Å²) >= 11 is 1.61. The number of carbonyl (C=O) groups is 1. The van der Waals surface area contributed by atoms with E-state index < -0.39 is 0 Å². The van der Waals surface area contributed by atoms with Crippen LogP contribution >= 0.6 is 11.3 Å². The molecule has 1 atom stereocenters. The summed E-state index contributed by atoms with van der Waals surface area (Å²) in [7, 11) is 0. The largest absolute Gasteiger partial charge is 0.358 e. The van der Waals surface area contributed by atoms with Gasteiger partial charge in [0.2, 0.25) is 5.91 Å². The van der Waals surface area contributed by atoms with Crippen LogP contribution in [0.3, 0.4) is 0 Å². The standard InChI is InChI=1S/C24H22N6O2S/c1-15-13-29(24-22(25-14-33-24)23-26-17-7-3-4-8-18(17)27-23)10-11-30(15)21(31)12-19-16-6-2-5-9-20(16)32-28-19/h2-9,14-15H,10-13H2,1H3,(H,26,27)/t15-/m1/s1. The van der Waals surface area contributed by atoms with Crippen molar-refractivity contribution in [1.29, 1.82) is 0 Å². The third-order valence-corrected chi connectivity index (χ3v) is 7.05. The lowest BCUT2D eigenvalue weighted by Gasteiger charge is -2.40. The van der Waals surface area contributed by atoms with Gasteiger partial charge in [-0.3, -0.25) is 4.79 Å². The second-order valence-corrected chi connectivity index (χ2v) is 9.13. The molecule has 1 N–H and O–H groups in total. The van der Waals surface area contributed by atoms with Crippen molar-refractivity contribution < 1.29 is 9.32 Å². The van der Waals surface area contributed by atoms with Crippen LogP contribution in [0.1, 0.15) is 12.6 Å². The maximum absolute atomic E-state index is 13.1. The minimum atomic E-state index is 0.0649. The molecule has 0 bridgehead atoms. The number of piperazine rings is 1. The first-order valence-electron chi connectivity index (χ1n) is 10.9. The number of para-hydroxylation sites is 3. The second kappa shape index (κ2) is 8.00. The number of aromatic nitrogens is 4. The number of fused-ring (bicyclic) bond motifs is 2. The second-order valence-electron chi connectivity index (χ2n) is 8.29. The van der Waals surface area contributed by atoms with E-state index in [4.69, 9.17) is 9.51 Å². The molecule has 0 saturated carbocycles. The molecule has 0 unspecified atom stereocenters. The number of H-pyrrole nitrogens is 1. The Hall–Kier alpha value is -3.72. The molecule has 1 aliphatic rings. The van der Waals surface area contributed by atoms with Crippen molar-refractivity contribution in [2.24, 2.45) is 0 Å². The van der Waals surface area contributed by atoms with E-state index >= 15 is 0 Å². The first-order valence-corrected chi connectivity index (χ1v) is 11.8. The van der Waals surface area contributed by atoms with Crippen LogP contribution in [0.4, 0.5) is 5.00 Å². The highest BCUT2D eigenvalue weighted by Gasteiger charge is 2.30. The van der Waals surface area contributed by atoms with E-state index in [-0.39, 0.29) is 18.4 Å². The number of carbonyl (C=O) groups excluding carboxylic acids is 1. The van der Waals surface area contributed by atoms with Gasteiger partial charge < -0.3 is 19.3 Å². The Morgan fingerprint density at radius 1 is 1.18 bits per heavy atom. The summed E-state index contributed by atoms with van der Waals surface area (Å²) in [5.74, 6) is 0.847. The molecule has 9 heteroatoms. The summed E-state index contributed by atoms with van der Waals surface area (Å²) in [5, 5.41) is 6.10. The fraction of sp³-hybridized carbons (Fsp3) is 0.250. The van der Waals surface area contributed by atoms with Crippen molar-refractivity contribution in [1.82, 2.24) is 25.0 Å². The molecule has 6 rings (SSSR count). The fourth-order valence-corrected chi connectivity index (χ4v) is 5.35. The molecule has 1 aliphatic heterocycles. The predicted molar refractivity (Wildman–Crippen MR) is 128 cm³/mol. The zero-order chi connectivity index (χ0) is 22.4. The van der Waals surface area contributed by atoms with Gasteiger partial charge in [0.15, 0.2) is 11.4 Å². The lowest BCUT2D eigenvalue weighted by molar-refractivity contribution is -0.132. The van der Waals surface area contributed by atoms with E-state index in [0.717, 1.165) is 46.0 Å². The number of thiazole rings is 1. The zero-order valence-corrected chi connectivity index (χ0v) is 18.9. The number of amides is 1. The molecule has 166 valence electrons. The van der Waals surface area contributed by atoms with Crippen LogP contribution < -0.4 is 4.90 Å². The number of rotatable bonds is 4. The molecule has 1 amide bonds. The SMILES string of the molecule is C[C@@H]1CN(c2scnc2-c2nc3ccccc3[nH]2)CCN1C(=O)Cc1noc2ccccc12. The van der Waals surface area contributed by atoms with Crippen LogP contribution in [0.5, 0.6) is 0 Å². The number of nitrogens with zero attached hydrogens (tertiary/aromatic N) is 5. The van der Waals surface area contributed by atoms with Crippen LogP contribution in [-0.2, 0) is 11.2 Å². The molecular formula is C24H22N6O2S. The van der Waals surface area contributed by atoms with Gasteiger partial charge >= 0.3 is 0 Å². The number of imidazole rings is 1. The van der Waals surface area contributed by atoms with Gasteiger partial charge in [-0.2, -0.15) is 0 Å². The van der Waals surface area contributed by atoms with Gasteiger partial charge in [0.1, 0.15) is 16.4 Å². The molecule has 5 aromatic rings. The van der Waals surface area contributed by atoms with Gasteiger partial charge in [-0.05, 0) is 31.2 Å². The highest BCUT2D eigenvalue weighted by molar-refractivity contribution is 7.14. The summed E-state index contributed by atoms with van der Waals surface area (Å²) < 4.78 is 5.36. The summed E-state index contributed by atoms with van der Waals surface area (Å²) in [5.41, 5.74) is 6.04. The summed E-state index contributed by atoms with van der Waals surface area (Å²) in [6, 6.07) is 15.7. The van der Waals surface area contributed by atoms with Crippen LogP contribution in [0.25, 0.3) is 33.5 Å². The molecule has 0 radical (unpaired) electrons. The normalized spacial score (nSPS) is 16.7. The Bertz CT molecular complexity index is 1420. The number of anilines is 1.